The zero-order valence-corrected chi connectivity index (χ0v) is 10.8. The zero-order chi connectivity index (χ0) is 13.7. The van der Waals surface area contributed by atoms with Crippen LogP contribution < -0.4 is 10.6 Å². The van der Waals surface area contributed by atoms with E-state index < -0.39 is 0 Å². The largest absolute Gasteiger partial charge is 0.368 e. The van der Waals surface area contributed by atoms with E-state index in [-0.39, 0.29) is 29.6 Å². The Bertz CT molecular complexity index is 549. The van der Waals surface area contributed by atoms with Crippen LogP contribution in [0.3, 0.4) is 0 Å². The predicted molar refractivity (Wildman–Crippen MR) is 68.2 cm³/mol. The summed E-state index contributed by atoms with van der Waals surface area (Å²) in [6.45, 7) is 2.91. The van der Waals surface area contributed by atoms with Gasteiger partial charge in [-0.1, -0.05) is 0 Å². The minimum absolute atomic E-state index is 0.0998. The van der Waals surface area contributed by atoms with Crippen molar-refractivity contribution < 1.29 is 9.59 Å². The lowest BCUT2D eigenvalue weighted by Crippen LogP contribution is -2.33. The average molecular weight is 261 g/mol. The maximum atomic E-state index is 11.9. The molecule has 7 nitrogen and oxygen atoms in total. The van der Waals surface area contributed by atoms with E-state index in [4.69, 9.17) is 5.73 Å². The van der Waals surface area contributed by atoms with Gasteiger partial charge in [0, 0.05) is 31.9 Å². The lowest BCUT2D eigenvalue weighted by molar-refractivity contribution is -0.138. The number of likely N-dealkylation sites (tertiary alicyclic amines) is 1. The molecule has 2 atom stereocenters. The summed E-state index contributed by atoms with van der Waals surface area (Å²) >= 11 is 0. The molecular weight excluding hydrogens is 246 g/mol. The summed E-state index contributed by atoms with van der Waals surface area (Å²) in [5, 5.41) is 0. The number of rotatable bonds is 1. The number of imide groups is 1. The first-order valence-electron chi connectivity index (χ1n) is 6.14. The van der Waals surface area contributed by atoms with Crippen molar-refractivity contribution in [2.24, 2.45) is 11.8 Å². The molecule has 1 aromatic heterocycles. The number of hydrogen-bond acceptors (Lipinski definition) is 6. The summed E-state index contributed by atoms with van der Waals surface area (Å²) in [6.07, 6.45) is 1.65. The van der Waals surface area contributed by atoms with Gasteiger partial charge in [-0.2, -0.15) is 4.98 Å². The van der Waals surface area contributed by atoms with Crippen LogP contribution in [0.4, 0.5) is 11.8 Å². The Morgan fingerprint density at radius 2 is 1.84 bits per heavy atom. The van der Waals surface area contributed by atoms with Crippen LogP contribution in [0.1, 0.15) is 5.56 Å². The fourth-order valence-electron chi connectivity index (χ4n) is 2.85. The van der Waals surface area contributed by atoms with Gasteiger partial charge in [0.25, 0.3) is 0 Å². The van der Waals surface area contributed by atoms with Crippen molar-refractivity contribution in [3.63, 3.8) is 0 Å². The van der Waals surface area contributed by atoms with Crippen LogP contribution in [0.15, 0.2) is 6.20 Å². The van der Waals surface area contributed by atoms with Crippen molar-refractivity contribution in [1.29, 1.82) is 0 Å². The third-order valence-electron chi connectivity index (χ3n) is 3.88. The number of aromatic nitrogens is 2. The molecule has 0 spiro atoms. The highest BCUT2D eigenvalue weighted by molar-refractivity contribution is 6.06. The second kappa shape index (κ2) is 3.91. The standard InChI is InChI=1S/C12H15N5O2/c1-6-3-14-12(13)15-9(6)17-4-7-8(5-17)11(19)16(2)10(7)18/h3,7-8H,4-5H2,1-2H3,(H2,13,14,15)/t7-,8+. The normalized spacial score (nSPS) is 26.2. The average Bonchev–Trinajstić information content (AvgIpc) is 2.90. The first-order valence-corrected chi connectivity index (χ1v) is 6.14. The molecule has 19 heavy (non-hydrogen) atoms. The van der Waals surface area contributed by atoms with E-state index in [1.807, 2.05) is 11.8 Å². The van der Waals surface area contributed by atoms with E-state index in [9.17, 15) is 9.59 Å². The molecule has 0 saturated carbocycles. The highest BCUT2D eigenvalue weighted by Crippen LogP contribution is 2.35. The van der Waals surface area contributed by atoms with Crippen LogP contribution >= 0.6 is 0 Å². The Labute approximate surface area is 110 Å². The number of amides is 2. The third-order valence-corrected chi connectivity index (χ3v) is 3.88. The zero-order valence-electron chi connectivity index (χ0n) is 10.8. The van der Waals surface area contributed by atoms with E-state index >= 15 is 0 Å². The smallest absolute Gasteiger partial charge is 0.234 e. The van der Waals surface area contributed by atoms with Gasteiger partial charge < -0.3 is 10.6 Å². The number of nitrogen functional groups attached to an aromatic ring is 1. The van der Waals surface area contributed by atoms with Crippen molar-refractivity contribution >= 4 is 23.6 Å². The highest BCUT2D eigenvalue weighted by Gasteiger charge is 2.51. The molecule has 2 aliphatic heterocycles. The summed E-state index contributed by atoms with van der Waals surface area (Å²) in [6, 6.07) is 0. The second-order valence-corrected chi connectivity index (χ2v) is 5.09. The van der Waals surface area contributed by atoms with E-state index in [2.05, 4.69) is 9.97 Å². The Morgan fingerprint density at radius 1 is 1.26 bits per heavy atom. The van der Waals surface area contributed by atoms with Gasteiger partial charge in [-0.15, -0.1) is 0 Å². The predicted octanol–water partition coefficient (Wildman–Crippen LogP) is -0.582. The summed E-state index contributed by atoms with van der Waals surface area (Å²) < 4.78 is 0. The van der Waals surface area contributed by atoms with Crippen LogP contribution in [0.25, 0.3) is 0 Å². The van der Waals surface area contributed by atoms with E-state index in [1.54, 1.807) is 13.2 Å². The lowest BCUT2D eigenvalue weighted by Gasteiger charge is -2.21. The van der Waals surface area contributed by atoms with Gasteiger partial charge in [0.1, 0.15) is 5.82 Å². The molecule has 0 bridgehead atoms. The molecule has 0 aromatic carbocycles. The Balaban J connectivity index is 1.90. The van der Waals surface area contributed by atoms with Crippen LogP contribution in [0.2, 0.25) is 0 Å². The number of carbonyl (C=O) groups excluding carboxylic acids is 2. The quantitative estimate of drug-likeness (QED) is 0.680. The van der Waals surface area contributed by atoms with E-state index in [0.29, 0.717) is 18.9 Å². The molecule has 3 rings (SSSR count). The molecule has 0 aliphatic carbocycles. The highest BCUT2D eigenvalue weighted by atomic mass is 16.2. The van der Waals surface area contributed by atoms with Gasteiger partial charge in [-0.25, -0.2) is 4.98 Å². The van der Waals surface area contributed by atoms with Gasteiger partial charge in [-0.05, 0) is 6.92 Å². The molecule has 0 unspecified atom stereocenters. The van der Waals surface area contributed by atoms with E-state index in [0.717, 1.165) is 5.56 Å². The summed E-state index contributed by atoms with van der Waals surface area (Å²) in [4.78, 5) is 35.2. The first-order chi connectivity index (χ1) is 8.99. The minimum atomic E-state index is -0.256. The number of hydrogen-bond donors (Lipinski definition) is 1. The Kier molecular flexibility index (Phi) is 2.44. The van der Waals surface area contributed by atoms with Gasteiger partial charge in [0.2, 0.25) is 17.8 Å². The van der Waals surface area contributed by atoms with E-state index in [1.165, 1.54) is 4.90 Å². The molecule has 2 aliphatic rings. The lowest BCUT2D eigenvalue weighted by atomic mass is 10.00. The molecule has 100 valence electrons. The number of anilines is 2. The maximum Gasteiger partial charge on any atom is 0.234 e. The number of carbonyl (C=O) groups is 2. The fraction of sp³-hybridized carbons (Fsp3) is 0.500. The SMILES string of the molecule is Cc1cnc(N)nc1N1C[C@@H]2C(=O)N(C)C(=O)[C@@H]2C1. The van der Waals surface area contributed by atoms with Crippen molar-refractivity contribution in [1.82, 2.24) is 14.9 Å². The molecule has 7 heteroatoms. The van der Waals surface area contributed by atoms with Crippen LogP contribution in [-0.4, -0.2) is 46.8 Å². The Morgan fingerprint density at radius 3 is 2.42 bits per heavy atom. The number of nitrogens with zero attached hydrogens (tertiary/aromatic N) is 4. The van der Waals surface area contributed by atoms with Crippen molar-refractivity contribution in [3.8, 4) is 0 Å². The fourth-order valence-corrected chi connectivity index (χ4v) is 2.85. The third kappa shape index (κ3) is 1.65. The number of fused-ring (bicyclic) bond motifs is 1. The first kappa shape index (κ1) is 11.9. The molecule has 2 saturated heterocycles. The molecule has 2 amide bonds. The van der Waals surface area contributed by atoms with Crippen LogP contribution in [0, 0.1) is 18.8 Å². The number of nitrogens with two attached hydrogens (primary N) is 1. The summed E-state index contributed by atoms with van der Waals surface area (Å²) in [5.74, 6) is 0.202. The summed E-state index contributed by atoms with van der Waals surface area (Å²) in [5.41, 5.74) is 6.49. The topological polar surface area (TPSA) is 92.4 Å². The van der Waals surface area contributed by atoms with Gasteiger partial charge in [0.05, 0.1) is 11.8 Å². The second-order valence-electron chi connectivity index (χ2n) is 5.09. The van der Waals surface area contributed by atoms with Gasteiger partial charge in [-0.3, -0.25) is 14.5 Å². The molecule has 2 fully saturated rings. The van der Waals surface area contributed by atoms with Crippen LogP contribution in [0.5, 0.6) is 0 Å². The van der Waals surface area contributed by atoms with Gasteiger partial charge in [0.15, 0.2) is 0 Å². The minimum Gasteiger partial charge on any atom is -0.368 e. The Hall–Kier alpha value is -2.18. The monoisotopic (exact) mass is 261 g/mol. The van der Waals surface area contributed by atoms with Crippen LogP contribution in [-0.2, 0) is 9.59 Å². The molecule has 1 aromatic rings. The number of aryl methyl sites for hydroxylation is 1. The van der Waals surface area contributed by atoms with Crippen molar-refractivity contribution in [2.75, 3.05) is 30.8 Å². The molecule has 3 heterocycles. The maximum absolute atomic E-state index is 11.9. The molecule has 2 N–H and O–H groups in total. The van der Waals surface area contributed by atoms with Crippen molar-refractivity contribution in [2.45, 2.75) is 6.92 Å². The van der Waals surface area contributed by atoms with Gasteiger partial charge >= 0.3 is 0 Å². The van der Waals surface area contributed by atoms with Crippen molar-refractivity contribution in [3.05, 3.63) is 11.8 Å². The molecular formula is C12H15N5O2. The summed E-state index contributed by atoms with van der Waals surface area (Å²) in [7, 11) is 1.54. The molecule has 0 radical (unpaired) electrons.